The third-order valence-electron chi connectivity index (χ3n) is 3.23. The summed E-state index contributed by atoms with van der Waals surface area (Å²) in [6, 6.07) is 6.01. The van der Waals surface area contributed by atoms with E-state index in [2.05, 4.69) is 5.32 Å². The molecule has 1 fully saturated rings. The molecule has 4 nitrogen and oxygen atoms in total. The molecule has 0 aliphatic carbocycles. The van der Waals surface area contributed by atoms with Gasteiger partial charge >= 0.3 is 0 Å². The van der Waals surface area contributed by atoms with E-state index >= 15 is 0 Å². The fourth-order valence-electron chi connectivity index (χ4n) is 2.13. The second-order valence-electron chi connectivity index (χ2n) is 4.67. The predicted octanol–water partition coefficient (Wildman–Crippen LogP) is 2.89. The highest BCUT2D eigenvalue weighted by Gasteiger charge is 2.14. The van der Waals surface area contributed by atoms with Gasteiger partial charge in [0.2, 0.25) is 0 Å². The normalized spacial score (nSPS) is 19.7. The van der Waals surface area contributed by atoms with E-state index in [1.807, 2.05) is 23.9 Å². The lowest BCUT2D eigenvalue weighted by Gasteiger charge is -2.22. The van der Waals surface area contributed by atoms with E-state index in [4.69, 9.17) is 0 Å². The molecule has 0 radical (unpaired) electrons. The molecule has 0 amide bonds. The van der Waals surface area contributed by atoms with Crippen molar-refractivity contribution >= 4 is 17.4 Å². The number of hydrogen-bond donors (Lipinski definition) is 1. The first kappa shape index (κ1) is 13.4. The minimum absolute atomic E-state index is 0.215. The van der Waals surface area contributed by atoms with Crippen molar-refractivity contribution in [3.05, 3.63) is 39.4 Å². The van der Waals surface area contributed by atoms with Gasteiger partial charge in [0, 0.05) is 30.0 Å². The molecule has 5 heteroatoms. The van der Waals surface area contributed by atoms with Gasteiger partial charge in [-0.3, -0.25) is 10.1 Å². The highest BCUT2D eigenvalue weighted by molar-refractivity contribution is 7.99. The first-order valence-electron chi connectivity index (χ1n) is 6.22. The Kier molecular flexibility index (Phi) is 4.60. The van der Waals surface area contributed by atoms with Gasteiger partial charge in [0.25, 0.3) is 5.69 Å². The first-order valence-corrected chi connectivity index (χ1v) is 7.37. The van der Waals surface area contributed by atoms with E-state index in [1.165, 1.54) is 18.6 Å². The van der Waals surface area contributed by atoms with Crippen LogP contribution in [0, 0.1) is 17.0 Å². The molecule has 1 heterocycles. The van der Waals surface area contributed by atoms with Crippen molar-refractivity contribution in [2.75, 3.05) is 11.5 Å². The van der Waals surface area contributed by atoms with Crippen molar-refractivity contribution < 1.29 is 4.92 Å². The highest BCUT2D eigenvalue weighted by atomic mass is 32.2. The molecule has 98 valence electrons. The summed E-state index contributed by atoms with van der Waals surface area (Å²) in [4.78, 5) is 10.6. The van der Waals surface area contributed by atoms with Gasteiger partial charge in [-0.25, -0.2) is 0 Å². The smallest absolute Gasteiger partial charge is 0.272 e. The number of nitrogens with zero attached hydrogens (tertiary/aromatic N) is 1. The Morgan fingerprint density at radius 1 is 1.56 bits per heavy atom. The van der Waals surface area contributed by atoms with Crippen molar-refractivity contribution in [3.8, 4) is 0 Å². The first-order chi connectivity index (χ1) is 8.66. The topological polar surface area (TPSA) is 55.2 Å². The molecule has 0 spiro atoms. The SMILES string of the molecule is Cc1ccc(CNC2CCCSC2)cc1[N+](=O)[O-]. The maximum absolute atomic E-state index is 10.9. The minimum Gasteiger partial charge on any atom is -0.309 e. The average molecular weight is 266 g/mol. The van der Waals surface area contributed by atoms with Crippen molar-refractivity contribution in [1.82, 2.24) is 5.32 Å². The Balaban J connectivity index is 1.96. The molecular weight excluding hydrogens is 248 g/mol. The molecule has 1 aliphatic heterocycles. The summed E-state index contributed by atoms with van der Waals surface area (Å²) in [5.41, 5.74) is 1.92. The largest absolute Gasteiger partial charge is 0.309 e. The number of hydrogen-bond acceptors (Lipinski definition) is 4. The lowest BCUT2D eigenvalue weighted by molar-refractivity contribution is -0.385. The van der Waals surface area contributed by atoms with Crippen LogP contribution in [-0.2, 0) is 6.54 Å². The van der Waals surface area contributed by atoms with Gasteiger partial charge < -0.3 is 5.32 Å². The second kappa shape index (κ2) is 6.20. The molecule has 1 aliphatic rings. The van der Waals surface area contributed by atoms with Crippen LogP contribution in [0.2, 0.25) is 0 Å². The van der Waals surface area contributed by atoms with E-state index in [0.717, 1.165) is 16.9 Å². The van der Waals surface area contributed by atoms with Crippen molar-refractivity contribution in [2.45, 2.75) is 32.4 Å². The minimum atomic E-state index is -0.310. The van der Waals surface area contributed by atoms with Gasteiger partial charge in [-0.2, -0.15) is 11.8 Å². The van der Waals surface area contributed by atoms with Crippen LogP contribution in [0.3, 0.4) is 0 Å². The second-order valence-corrected chi connectivity index (χ2v) is 5.82. The van der Waals surface area contributed by atoms with Crippen molar-refractivity contribution in [3.63, 3.8) is 0 Å². The third kappa shape index (κ3) is 3.46. The molecule has 1 N–H and O–H groups in total. The molecule has 18 heavy (non-hydrogen) atoms. The Hall–Kier alpha value is -1.07. The van der Waals surface area contributed by atoms with E-state index in [0.29, 0.717) is 12.6 Å². The standard InChI is InChI=1S/C13H18N2O2S/c1-10-4-5-11(7-13(10)15(16)17)8-14-12-3-2-6-18-9-12/h4-5,7,12,14H,2-3,6,8-9H2,1H3. The zero-order chi connectivity index (χ0) is 13.0. The van der Waals surface area contributed by atoms with Crippen LogP contribution in [-0.4, -0.2) is 22.5 Å². The summed E-state index contributed by atoms with van der Waals surface area (Å²) < 4.78 is 0. The van der Waals surface area contributed by atoms with Gasteiger partial charge in [-0.15, -0.1) is 0 Å². The van der Waals surface area contributed by atoms with Gasteiger partial charge in [-0.1, -0.05) is 12.1 Å². The number of nitro groups is 1. The number of benzene rings is 1. The Labute approximate surface area is 111 Å². The Bertz CT molecular complexity index is 431. The molecule has 0 aromatic heterocycles. The Morgan fingerprint density at radius 2 is 2.39 bits per heavy atom. The predicted molar refractivity (Wildman–Crippen MR) is 75.0 cm³/mol. The molecule has 1 unspecified atom stereocenters. The lowest BCUT2D eigenvalue weighted by Crippen LogP contribution is -2.33. The summed E-state index contributed by atoms with van der Waals surface area (Å²) in [6.07, 6.45) is 2.47. The van der Waals surface area contributed by atoms with Crippen LogP contribution in [0.15, 0.2) is 18.2 Å². The lowest BCUT2D eigenvalue weighted by atomic mass is 10.1. The van der Waals surface area contributed by atoms with E-state index in [-0.39, 0.29) is 10.6 Å². The maximum Gasteiger partial charge on any atom is 0.272 e. The van der Waals surface area contributed by atoms with Gasteiger partial charge in [-0.05, 0) is 31.1 Å². The zero-order valence-corrected chi connectivity index (χ0v) is 11.3. The van der Waals surface area contributed by atoms with Gasteiger partial charge in [0.05, 0.1) is 4.92 Å². The average Bonchev–Trinajstić information content (AvgIpc) is 2.38. The quantitative estimate of drug-likeness (QED) is 0.672. The van der Waals surface area contributed by atoms with Crippen LogP contribution in [0.4, 0.5) is 5.69 Å². The Morgan fingerprint density at radius 3 is 3.06 bits per heavy atom. The van der Waals surface area contributed by atoms with Crippen LogP contribution in [0.1, 0.15) is 24.0 Å². The van der Waals surface area contributed by atoms with Gasteiger partial charge in [0.1, 0.15) is 0 Å². The van der Waals surface area contributed by atoms with Crippen LogP contribution < -0.4 is 5.32 Å². The summed E-state index contributed by atoms with van der Waals surface area (Å²) in [5.74, 6) is 2.40. The molecule has 1 aromatic rings. The maximum atomic E-state index is 10.9. The van der Waals surface area contributed by atoms with Crippen LogP contribution in [0.25, 0.3) is 0 Å². The van der Waals surface area contributed by atoms with Crippen LogP contribution in [0.5, 0.6) is 0 Å². The van der Waals surface area contributed by atoms with E-state index in [9.17, 15) is 10.1 Å². The summed E-state index contributed by atoms with van der Waals surface area (Å²) >= 11 is 1.98. The van der Waals surface area contributed by atoms with Crippen molar-refractivity contribution in [1.29, 1.82) is 0 Å². The molecule has 0 saturated carbocycles. The summed E-state index contributed by atoms with van der Waals surface area (Å²) in [6.45, 7) is 2.49. The highest BCUT2D eigenvalue weighted by Crippen LogP contribution is 2.20. The molecule has 2 rings (SSSR count). The van der Waals surface area contributed by atoms with Gasteiger partial charge in [0.15, 0.2) is 0 Å². The monoisotopic (exact) mass is 266 g/mol. The fraction of sp³-hybridized carbons (Fsp3) is 0.538. The van der Waals surface area contributed by atoms with E-state index in [1.54, 1.807) is 13.0 Å². The molecule has 0 bridgehead atoms. The fourth-order valence-corrected chi connectivity index (χ4v) is 3.23. The number of rotatable bonds is 4. The summed E-state index contributed by atoms with van der Waals surface area (Å²) in [7, 11) is 0. The third-order valence-corrected chi connectivity index (χ3v) is 4.44. The number of nitrogens with one attached hydrogen (secondary N) is 1. The van der Waals surface area contributed by atoms with Crippen molar-refractivity contribution in [2.24, 2.45) is 0 Å². The van der Waals surface area contributed by atoms with E-state index < -0.39 is 0 Å². The number of nitro benzene ring substituents is 1. The molecule has 1 atom stereocenters. The van der Waals surface area contributed by atoms with Crippen LogP contribution >= 0.6 is 11.8 Å². The number of aryl methyl sites for hydroxylation is 1. The summed E-state index contributed by atoms with van der Waals surface area (Å²) in [5, 5.41) is 14.3. The molecular formula is C13H18N2O2S. The number of thioether (sulfide) groups is 1. The molecule has 1 saturated heterocycles. The molecule has 1 aromatic carbocycles. The zero-order valence-electron chi connectivity index (χ0n) is 10.5.